The van der Waals surface area contributed by atoms with Crippen molar-refractivity contribution in [2.75, 3.05) is 7.11 Å². The molecular weight excluding hydrogens is 216 g/mol. The molecule has 0 fully saturated rings. The molecule has 0 amide bonds. The van der Waals surface area contributed by atoms with Crippen molar-refractivity contribution in [2.45, 2.75) is 33.3 Å². The lowest BCUT2D eigenvalue weighted by atomic mass is 9.90. The number of benzene rings is 1. The number of ether oxygens (including phenoxy) is 1. The van der Waals surface area contributed by atoms with Crippen molar-refractivity contribution in [3.63, 3.8) is 0 Å². The molecule has 0 aliphatic carbocycles. The first-order valence-corrected chi connectivity index (χ1v) is 5.78. The molecule has 94 valence electrons. The lowest BCUT2D eigenvalue weighted by Crippen LogP contribution is -2.16. The largest absolute Gasteiger partial charge is 0.469 e. The van der Waals surface area contributed by atoms with Gasteiger partial charge in [0.1, 0.15) is 0 Å². The number of esters is 1. The highest BCUT2D eigenvalue weighted by atomic mass is 16.5. The van der Waals surface area contributed by atoms with Crippen molar-refractivity contribution in [1.29, 1.82) is 0 Å². The summed E-state index contributed by atoms with van der Waals surface area (Å²) in [5.41, 5.74) is 3.12. The van der Waals surface area contributed by atoms with E-state index in [9.17, 15) is 9.90 Å². The summed E-state index contributed by atoms with van der Waals surface area (Å²) in [5.74, 6) is -0.440. The molecular formula is C14H20O3. The van der Waals surface area contributed by atoms with E-state index in [1.165, 1.54) is 7.11 Å². The standard InChI is InChI=1S/C14H20O3/c1-9-6-5-7-12(11(9)3)14(16)10(2)8-13(15)17-4/h5-7,10,14,16H,8H2,1-4H3. The Kier molecular flexibility index (Phi) is 4.70. The molecule has 0 radical (unpaired) electrons. The number of carbonyl (C=O) groups excluding carboxylic acids is 1. The summed E-state index contributed by atoms with van der Waals surface area (Å²) in [6, 6.07) is 5.84. The topological polar surface area (TPSA) is 46.5 Å². The summed E-state index contributed by atoms with van der Waals surface area (Å²) in [6.45, 7) is 5.85. The molecule has 1 aromatic carbocycles. The number of aliphatic hydroxyl groups excluding tert-OH is 1. The maximum atomic E-state index is 11.2. The van der Waals surface area contributed by atoms with Gasteiger partial charge in [-0.25, -0.2) is 0 Å². The third-order valence-electron chi connectivity index (χ3n) is 3.22. The number of aliphatic hydroxyl groups is 1. The monoisotopic (exact) mass is 236 g/mol. The minimum atomic E-state index is -0.631. The van der Waals surface area contributed by atoms with Gasteiger partial charge in [0.05, 0.1) is 19.6 Å². The second-order valence-electron chi connectivity index (χ2n) is 4.49. The van der Waals surface area contributed by atoms with Crippen LogP contribution in [-0.4, -0.2) is 18.2 Å². The molecule has 0 spiro atoms. The first-order valence-electron chi connectivity index (χ1n) is 5.78. The first kappa shape index (κ1) is 13.7. The van der Waals surface area contributed by atoms with Crippen LogP contribution >= 0.6 is 0 Å². The van der Waals surface area contributed by atoms with Crippen LogP contribution in [0.3, 0.4) is 0 Å². The Labute approximate surface area is 102 Å². The maximum absolute atomic E-state index is 11.2. The summed E-state index contributed by atoms with van der Waals surface area (Å²) >= 11 is 0. The van der Waals surface area contributed by atoms with Crippen LogP contribution in [0.1, 0.15) is 36.1 Å². The van der Waals surface area contributed by atoms with Crippen molar-refractivity contribution in [2.24, 2.45) is 5.92 Å². The van der Waals surface area contributed by atoms with Crippen LogP contribution in [0.2, 0.25) is 0 Å². The number of aryl methyl sites for hydroxylation is 1. The zero-order valence-electron chi connectivity index (χ0n) is 10.9. The predicted octanol–water partition coefficient (Wildman–Crippen LogP) is 2.54. The van der Waals surface area contributed by atoms with Crippen LogP contribution in [-0.2, 0) is 9.53 Å². The molecule has 0 aliphatic rings. The van der Waals surface area contributed by atoms with E-state index in [1.807, 2.05) is 39.0 Å². The van der Waals surface area contributed by atoms with Gasteiger partial charge < -0.3 is 9.84 Å². The van der Waals surface area contributed by atoms with Gasteiger partial charge >= 0.3 is 5.97 Å². The van der Waals surface area contributed by atoms with Crippen molar-refractivity contribution >= 4 is 5.97 Å². The zero-order valence-corrected chi connectivity index (χ0v) is 10.9. The molecule has 1 aromatic rings. The van der Waals surface area contributed by atoms with Crippen LogP contribution in [0, 0.1) is 19.8 Å². The second-order valence-corrected chi connectivity index (χ2v) is 4.49. The summed E-state index contributed by atoms with van der Waals surface area (Å²) in [4.78, 5) is 11.2. The fraction of sp³-hybridized carbons (Fsp3) is 0.500. The fourth-order valence-corrected chi connectivity index (χ4v) is 1.86. The molecule has 3 heteroatoms. The van der Waals surface area contributed by atoms with E-state index in [4.69, 9.17) is 0 Å². The Bertz CT molecular complexity index is 398. The number of rotatable bonds is 4. The van der Waals surface area contributed by atoms with Crippen LogP contribution < -0.4 is 0 Å². The summed E-state index contributed by atoms with van der Waals surface area (Å²) in [6.07, 6.45) is -0.403. The average molecular weight is 236 g/mol. The van der Waals surface area contributed by atoms with Gasteiger partial charge in [-0.05, 0) is 36.5 Å². The predicted molar refractivity (Wildman–Crippen MR) is 66.7 cm³/mol. The van der Waals surface area contributed by atoms with Gasteiger partial charge in [-0.2, -0.15) is 0 Å². The zero-order chi connectivity index (χ0) is 13.0. The molecule has 2 atom stereocenters. The number of carbonyl (C=O) groups is 1. The minimum Gasteiger partial charge on any atom is -0.469 e. The fourth-order valence-electron chi connectivity index (χ4n) is 1.86. The Morgan fingerprint density at radius 3 is 2.65 bits per heavy atom. The maximum Gasteiger partial charge on any atom is 0.305 e. The van der Waals surface area contributed by atoms with E-state index >= 15 is 0 Å². The molecule has 1 rings (SSSR count). The van der Waals surface area contributed by atoms with Crippen molar-refractivity contribution in [1.82, 2.24) is 0 Å². The minimum absolute atomic E-state index is 0.150. The molecule has 0 saturated carbocycles. The highest BCUT2D eigenvalue weighted by molar-refractivity contribution is 5.69. The van der Waals surface area contributed by atoms with Crippen LogP contribution in [0.25, 0.3) is 0 Å². The highest BCUT2D eigenvalue weighted by Gasteiger charge is 2.21. The van der Waals surface area contributed by atoms with Crippen molar-refractivity contribution in [3.05, 3.63) is 34.9 Å². The third-order valence-corrected chi connectivity index (χ3v) is 3.22. The van der Waals surface area contributed by atoms with Gasteiger partial charge in [-0.1, -0.05) is 25.1 Å². The quantitative estimate of drug-likeness (QED) is 0.817. The number of methoxy groups -OCH3 is 1. The normalized spacial score (nSPS) is 14.2. The van der Waals surface area contributed by atoms with Gasteiger partial charge in [-0.3, -0.25) is 4.79 Å². The molecule has 17 heavy (non-hydrogen) atoms. The van der Waals surface area contributed by atoms with E-state index in [0.29, 0.717) is 0 Å². The number of hydrogen-bond donors (Lipinski definition) is 1. The van der Waals surface area contributed by atoms with Gasteiger partial charge in [-0.15, -0.1) is 0 Å². The second kappa shape index (κ2) is 5.82. The van der Waals surface area contributed by atoms with Crippen molar-refractivity contribution < 1.29 is 14.6 Å². The SMILES string of the molecule is COC(=O)CC(C)C(O)c1cccc(C)c1C. The summed E-state index contributed by atoms with van der Waals surface area (Å²) in [5, 5.41) is 10.2. The lowest BCUT2D eigenvalue weighted by Gasteiger charge is -2.20. The van der Waals surface area contributed by atoms with Gasteiger partial charge in [0.15, 0.2) is 0 Å². The molecule has 3 nitrogen and oxygen atoms in total. The van der Waals surface area contributed by atoms with Crippen LogP contribution in [0.4, 0.5) is 0 Å². The van der Waals surface area contributed by atoms with Crippen LogP contribution in [0.15, 0.2) is 18.2 Å². The smallest absolute Gasteiger partial charge is 0.305 e. The third kappa shape index (κ3) is 3.30. The van der Waals surface area contributed by atoms with Crippen molar-refractivity contribution in [3.8, 4) is 0 Å². The first-order chi connectivity index (χ1) is 7.97. The lowest BCUT2D eigenvalue weighted by molar-refractivity contribution is -0.142. The van der Waals surface area contributed by atoms with Crippen LogP contribution in [0.5, 0.6) is 0 Å². The Morgan fingerprint density at radius 2 is 2.06 bits per heavy atom. The Hall–Kier alpha value is -1.35. The van der Waals surface area contributed by atoms with E-state index in [1.54, 1.807) is 0 Å². The van der Waals surface area contributed by atoms with Gasteiger partial charge in [0, 0.05) is 0 Å². The Morgan fingerprint density at radius 1 is 1.41 bits per heavy atom. The molecule has 0 aliphatic heterocycles. The Balaban J connectivity index is 2.85. The molecule has 0 bridgehead atoms. The van der Waals surface area contributed by atoms with E-state index in [-0.39, 0.29) is 18.3 Å². The average Bonchev–Trinajstić information content (AvgIpc) is 2.31. The number of hydrogen-bond acceptors (Lipinski definition) is 3. The molecule has 0 saturated heterocycles. The van der Waals surface area contributed by atoms with E-state index in [0.717, 1.165) is 16.7 Å². The highest BCUT2D eigenvalue weighted by Crippen LogP contribution is 2.28. The molecule has 2 unspecified atom stereocenters. The molecule has 1 N–H and O–H groups in total. The molecule has 0 aromatic heterocycles. The van der Waals surface area contributed by atoms with E-state index < -0.39 is 6.10 Å². The molecule has 0 heterocycles. The van der Waals surface area contributed by atoms with E-state index in [2.05, 4.69) is 4.74 Å². The summed E-state index contributed by atoms with van der Waals surface area (Å²) in [7, 11) is 1.36. The van der Waals surface area contributed by atoms with Gasteiger partial charge in [0.2, 0.25) is 0 Å². The summed E-state index contributed by atoms with van der Waals surface area (Å²) < 4.78 is 4.61. The van der Waals surface area contributed by atoms with Gasteiger partial charge in [0.25, 0.3) is 0 Å².